The molecule has 5 rings (SSSR count). The van der Waals surface area contributed by atoms with Gasteiger partial charge in [-0.1, -0.05) is 63.1 Å². The molecule has 3 saturated carbocycles. The fourth-order valence-corrected chi connectivity index (χ4v) is 5.61. The van der Waals surface area contributed by atoms with Gasteiger partial charge in [0.1, 0.15) is 6.61 Å². The summed E-state index contributed by atoms with van der Waals surface area (Å²) in [6.07, 6.45) is 21.1. The van der Waals surface area contributed by atoms with Gasteiger partial charge in [-0.2, -0.15) is 0 Å². The first kappa shape index (κ1) is 21.1. The van der Waals surface area contributed by atoms with E-state index in [0.29, 0.717) is 17.4 Å². The monoisotopic (exact) mass is 404 g/mol. The van der Waals surface area contributed by atoms with E-state index in [1.807, 2.05) is 0 Å². The molecule has 1 aromatic heterocycles. The summed E-state index contributed by atoms with van der Waals surface area (Å²) >= 11 is 0. The normalized spacial score (nSPS) is 25.7. The van der Waals surface area contributed by atoms with Gasteiger partial charge in [0, 0.05) is 5.56 Å². The van der Waals surface area contributed by atoms with Gasteiger partial charge in [-0.05, 0) is 67.8 Å². The van der Waals surface area contributed by atoms with E-state index < -0.39 is 0 Å². The topological polar surface area (TPSA) is 35.0 Å². The summed E-state index contributed by atoms with van der Waals surface area (Å²) in [5.41, 5.74) is 3.68. The molecule has 0 unspecified atom stereocenters. The summed E-state index contributed by atoms with van der Waals surface area (Å²) in [6, 6.07) is 9.07. The number of aromatic nitrogens is 2. The Bertz CT molecular complexity index is 814. The third-order valence-corrected chi connectivity index (χ3v) is 7.53. The zero-order chi connectivity index (χ0) is 20.9. The largest absolute Gasteiger partial charge is 0.486 e. The maximum Gasteiger partial charge on any atom is 0.159 e. The SMILES string of the molecule is CCC/C=C/COc1cnc(-c2ccc(C34CCC(CCC)(CC3)CC4)cc2)nc1. The van der Waals surface area contributed by atoms with Gasteiger partial charge in [0.25, 0.3) is 0 Å². The molecule has 2 aromatic rings. The lowest BCUT2D eigenvalue weighted by atomic mass is 9.51. The van der Waals surface area contributed by atoms with Crippen molar-refractivity contribution in [1.82, 2.24) is 9.97 Å². The van der Waals surface area contributed by atoms with Crippen molar-refractivity contribution in [3.8, 4) is 17.1 Å². The standard InChI is InChI=1S/C27H36N2O/c1-3-5-6-7-19-30-24-20-28-25(29-21-24)22-8-10-23(11-9-22)27-16-13-26(12-4-2,14-17-27)15-18-27/h6-11,20-21H,3-5,12-19H2,1-2H3/b7-6+. The second kappa shape index (κ2) is 9.32. The van der Waals surface area contributed by atoms with Crippen LogP contribution in [0.2, 0.25) is 0 Å². The lowest BCUT2D eigenvalue weighted by molar-refractivity contribution is 0.0320. The molecule has 0 amide bonds. The molecule has 0 N–H and O–H groups in total. The molecule has 3 aliphatic carbocycles. The molecule has 3 heteroatoms. The van der Waals surface area contributed by atoms with Crippen LogP contribution in [0.1, 0.15) is 83.6 Å². The first-order valence-electron chi connectivity index (χ1n) is 11.9. The van der Waals surface area contributed by atoms with Crippen molar-refractivity contribution in [3.05, 3.63) is 54.4 Å². The zero-order valence-corrected chi connectivity index (χ0v) is 18.7. The number of unbranched alkanes of at least 4 members (excludes halogenated alkanes) is 1. The lowest BCUT2D eigenvalue weighted by Crippen LogP contribution is -2.44. The molecular weight excluding hydrogens is 368 g/mol. The Labute approximate surface area is 182 Å². The number of fused-ring (bicyclic) bond motifs is 3. The van der Waals surface area contributed by atoms with E-state index in [0.717, 1.165) is 30.0 Å². The summed E-state index contributed by atoms with van der Waals surface area (Å²) in [6.45, 7) is 5.08. The Morgan fingerprint density at radius 3 is 2.13 bits per heavy atom. The summed E-state index contributed by atoms with van der Waals surface area (Å²) < 4.78 is 5.69. The maximum absolute atomic E-state index is 5.69. The van der Waals surface area contributed by atoms with Crippen LogP contribution in [0.5, 0.6) is 5.75 Å². The van der Waals surface area contributed by atoms with Gasteiger partial charge >= 0.3 is 0 Å². The van der Waals surface area contributed by atoms with Crippen molar-refractivity contribution in [3.63, 3.8) is 0 Å². The van der Waals surface area contributed by atoms with Crippen molar-refractivity contribution in [2.24, 2.45) is 5.41 Å². The van der Waals surface area contributed by atoms with Crippen LogP contribution in [0.3, 0.4) is 0 Å². The van der Waals surface area contributed by atoms with Gasteiger partial charge in [0.05, 0.1) is 12.4 Å². The molecule has 3 aliphatic rings. The molecule has 3 nitrogen and oxygen atoms in total. The molecule has 0 spiro atoms. The summed E-state index contributed by atoms with van der Waals surface area (Å²) in [7, 11) is 0. The van der Waals surface area contributed by atoms with Gasteiger partial charge in [0.15, 0.2) is 11.6 Å². The smallest absolute Gasteiger partial charge is 0.159 e. The van der Waals surface area contributed by atoms with Crippen LogP contribution in [0.25, 0.3) is 11.4 Å². The average Bonchev–Trinajstić information content (AvgIpc) is 2.81. The minimum Gasteiger partial charge on any atom is -0.486 e. The quantitative estimate of drug-likeness (QED) is 0.412. The molecule has 3 fully saturated rings. The Morgan fingerprint density at radius 1 is 0.867 bits per heavy atom. The highest BCUT2D eigenvalue weighted by Gasteiger charge is 2.48. The minimum atomic E-state index is 0.415. The summed E-state index contributed by atoms with van der Waals surface area (Å²) in [5, 5.41) is 0. The van der Waals surface area contributed by atoms with Crippen LogP contribution in [0.4, 0.5) is 0 Å². The predicted molar refractivity (Wildman–Crippen MR) is 124 cm³/mol. The molecular formula is C27H36N2O. The van der Waals surface area contributed by atoms with Crippen LogP contribution in [-0.2, 0) is 5.41 Å². The Kier molecular flexibility index (Phi) is 6.55. The first-order valence-corrected chi connectivity index (χ1v) is 11.9. The molecule has 1 heterocycles. The molecule has 0 saturated heterocycles. The van der Waals surface area contributed by atoms with E-state index >= 15 is 0 Å². The molecule has 0 atom stereocenters. The van der Waals surface area contributed by atoms with Crippen LogP contribution >= 0.6 is 0 Å². The summed E-state index contributed by atoms with van der Waals surface area (Å²) in [5.74, 6) is 1.48. The molecule has 30 heavy (non-hydrogen) atoms. The van der Waals surface area contributed by atoms with Gasteiger partial charge in [-0.15, -0.1) is 0 Å². The molecule has 0 radical (unpaired) electrons. The van der Waals surface area contributed by atoms with E-state index in [1.54, 1.807) is 12.4 Å². The highest BCUT2D eigenvalue weighted by molar-refractivity contribution is 5.56. The number of ether oxygens (including phenoxy) is 1. The van der Waals surface area contributed by atoms with E-state index in [4.69, 9.17) is 4.74 Å². The lowest BCUT2D eigenvalue weighted by Gasteiger charge is -2.54. The fourth-order valence-electron chi connectivity index (χ4n) is 5.61. The third-order valence-electron chi connectivity index (χ3n) is 7.53. The van der Waals surface area contributed by atoms with Gasteiger partial charge in [-0.25, -0.2) is 9.97 Å². The zero-order valence-electron chi connectivity index (χ0n) is 18.7. The first-order chi connectivity index (χ1) is 14.7. The van der Waals surface area contributed by atoms with Crippen molar-refractivity contribution in [2.45, 2.75) is 83.5 Å². The minimum absolute atomic E-state index is 0.415. The molecule has 160 valence electrons. The van der Waals surface area contributed by atoms with Crippen LogP contribution in [0, 0.1) is 5.41 Å². The van der Waals surface area contributed by atoms with Crippen molar-refractivity contribution in [1.29, 1.82) is 0 Å². The van der Waals surface area contributed by atoms with Gasteiger partial charge in [0.2, 0.25) is 0 Å². The highest BCUT2D eigenvalue weighted by Crippen LogP contribution is 2.59. The highest BCUT2D eigenvalue weighted by atomic mass is 16.5. The Morgan fingerprint density at radius 2 is 1.53 bits per heavy atom. The van der Waals surface area contributed by atoms with Gasteiger partial charge in [-0.3, -0.25) is 0 Å². The maximum atomic E-state index is 5.69. The number of nitrogens with zero attached hydrogens (tertiary/aromatic N) is 2. The molecule has 1 aromatic carbocycles. The van der Waals surface area contributed by atoms with Crippen LogP contribution in [0.15, 0.2) is 48.8 Å². The second-order valence-corrected chi connectivity index (χ2v) is 9.42. The second-order valence-electron chi connectivity index (χ2n) is 9.42. The Balaban J connectivity index is 1.38. The number of hydrogen-bond donors (Lipinski definition) is 0. The predicted octanol–water partition coefficient (Wildman–Crippen LogP) is 7.27. The van der Waals surface area contributed by atoms with E-state index in [1.165, 1.54) is 56.9 Å². The van der Waals surface area contributed by atoms with E-state index in [-0.39, 0.29) is 0 Å². The third kappa shape index (κ3) is 4.45. The van der Waals surface area contributed by atoms with Crippen molar-refractivity contribution < 1.29 is 4.74 Å². The van der Waals surface area contributed by atoms with Crippen LogP contribution in [-0.4, -0.2) is 16.6 Å². The van der Waals surface area contributed by atoms with Crippen LogP contribution < -0.4 is 4.74 Å². The van der Waals surface area contributed by atoms with Gasteiger partial charge < -0.3 is 4.74 Å². The number of hydrogen-bond acceptors (Lipinski definition) is 3. The van der Waals surface area contributed by atoms with E-state index in [2.05, 4.69) is 60.2 Å². The van der Waals surface area contributed by atoms with Crippen molar-refractivity contribution >= 4 is 0 Å². The number of allylic oxidation sites excluding steroid dienone is 1. The van der Waals surface area contributed by atoms with E-state index in [9.17, 15) is 0 Å². The average molecular weight is 405 g/mol. The Hall–Kier alpha value is -2.16. The fraction of sp³-hybridized carbons (Fsp3) is 0.556. The number of rotatable bonds is 9. The number of benzene rings is 1. The summed E-state index contributed by atoms with van der Waals surface area (Å²) in [4.78, 5) is 9.04. The molecule has 0 aliphatic heterocycles. The van der Waals surface area contributed by atoms with Crippen molar-refractivity contribution in [2.75, 3.05) is 6.61 Å². The molecule has 2 bridgehead atoms.